The molecule has 17 heavy (non-hydrogen) atoms. The van der Waals surface area contributed by atoms with Crippen LogP contribution >= 0.6 is 0 Å². The molecule has 94 valence electrons. The molecule has 5 heteroatoms. The molecule has 1 saturated carbocycles. The molecule has 0 radical (unpaired) electrons. The number of carboxylic acids is 1. The van der Waals surface area contributed by atoms with Crippen LogP contribution in [0.1, 0.15) is 26.7 Å². The molecular formula is C12H16O5. The Morgan fingerprint density at radius 2 is 2.18 bits per heavy atom. The van der Waals surface area contributed by atoms with Crippen LogP contribution in [0.5, 0.6) is 0 Å². The van der Waals surface area contributed by atoms with Crippen LogP contribution in [0.25, 0.3) is 0 Å². The van der Waals surface area contributed by atoms with Crippen molar-refractivity contribution in [2.45, 2.75) is 33.0 Å². The Labute approximate surface area is 99.4 Å². The second kappa shape index (κ2) is 4.39. The summed E-state index contributed by atoms with van der Waals surface area (Å²) < 4.78 is 10.4. The zero-order valence-electron chi connectivity index (χ0n) is 9.88. The second-order valence-corrected chi connectivity index (χ2v) is 4.73. The van der Waals surface area contributed by atoms with Crippen molar-refractivity contribution in [2.24, 2.45) is 17.8 Å². The Hall–Kier alpha value is -1.52. The molecule has 1 heterocycles. The number of fused-ring (bicyclic) bond motifs is 1. The van der Waals surface area contributed by atoms with Crippen molar-refractivity contribution in [1.82, 2.24) is 0 Å². The lowest BCUT2D eigenvalue weighted by Crippen LogP contribution is -2.38. The third-order valence-electron chi connectivity index (χ3n) is 3.63. The van der Waals surface area contributed by atoms with E-state index in [1.54, 1.807) is 0 Å². The Morgan fingerprint density at radius 3 is 2.76 bits per heavy atom. The van der Waals surface area contributed by atoms with E-state index in [-0.39, 0.29) is 11.8 Å². The highest BCUT2D eigenvalue weighted by Crippen LogP contribution is 2.46. The van der Waals surface area contributed by atoms with Gasteiger partial charge in [-0.25, -0.2) is 4.79 Å². The molecule has 0 bridgehead atoms. The summed E-state index contributed by atoms with van der Waals surface area (Å²) in [5.41, 5.74) is 0.294. The minimum absolute atomic E-state index is 0.0463. The molecule has 3 unspecified atom stereocenters. The normalized spacial score (nSPS) is 35.5. The zero-order chi connectivity index (χ0) is 12.6. The molecule has 1 aliphatic heterocycles. The van der Waals surface area contributed by atoms with Crippen molar-refractivity contribution in [3.05, 3.63) is 11.8 Å². The number of carbonyl (C=O) groups excluding carboxylic acids is 1. The number of hydrogen-bond donors (Lipinski definition) is 1. The van der Waals surface area contributed by atoms with Crippen LogP contribution in [0.4, 0.5) is 0 Å². The number of carboxylic acid groups (broad SMARTS) is 1. The molecule has 1 aliphatic carbocycles. The van der Waals surface area contributed by atoms with Crippen molar-refractivity contribution in [3.8, 4) is 0 Å². The number of carbonyl (C=O) groups is 2. The van der Waals surface area contributed by atoms with E-state index in [1.165, 1.54) is 13.2 Å². The molecule has 0 saturated heterocycles. The van der Waals surface area contributed by atoms with Crippen molar-refractivity contribution in [1.29, 1.82) is 0 Å². The van der Waals surface area contributed by atoms with E-state index in [9.17, 15) is 9.59 Å². The molecule has 5 nitrogen and oxygen atoms in total. The molecule has 2 rings (SSSR count). The third kappa shape index (κ3) is 2.14. The number of aliphatic carboxylic acids is 1. The Kier molecular flexibility index (Phi) is 3.09. The molecule has 0 spiro atoms. The van der Waals surface area contributed by atoms with E-state index < -0.39 is 18.2 Å². The number of rotatable bonds is 2. The minimum Gasteiger partial charge on any atom is -0.478 e. The smallest absolute Gasteiger partial charge is 0.334 e. The van der Waals surface area contributed by atoms with Crippen molar-refractivity contribution < 1.29 is 24.2 Å². The fourth-order valence-corrected chi connectivity index (χ4v) is 2.84. The number of esters is 1. The molecular weight excluding hydrogens is 224 g/mol. The van der Waals surface area contributed by atoms with Gasteiger partial charge in [0.1, 0.15) is 0 Å². The van der Waals surface area contributed by atoms with E-state index in [4.69, 9.17) is 14.6 Å². The third-order valence-corrected chi connectivity index (χ3v) is 3.63. The van der Waals surface area contributed by atoms with E-state index in [1.807, 2.05) is 6.92 Å². The van der Waals surface area contributed by atoms with Crippen LogP contribution in [0.2, 0.25) is 0 Å². The summed E-state index contributed by atoms with van der Waals surface area (Å²) in [6.45, 7) is 3.36. The average Bonchev–Trinajstić information content (AvgIpc) is 2.60. The number of ether oxygens (including phenoxy) is 2. The lowest BCUT2D eigenvalue weighted by atomic mass is 9.83. The van der Waals surface area contributed by atoms with Gasteiger partial charge < -0.3 is 14.6 Å². The summed E-state index contributed by atoms with van der Waals surface area (Å²) in [4.78, 5) is 22.1. The molecule has 2 aliphatic rings. The number of hydrogen-bond acceptors (Lipinski definition) is 4. The molecule has 1 fully saturated rings. The first-order valence-electron chi connectivity index (χ1n) is 5.76. The maximum Gasteiger partial charge on any atom is 0.334 e. The van der Waals surface area contributed by atoms with Gasteiger partial charge in [0.2, 0.25) is 6.29 Å². The summed E-state index contributed by atoms with van der Waals surface area (Å²) >= 11 is 0. The van der Waals surface area contributed by atoms with Crippen LogP contribution < -0.4 is 0 Å². The van der Waals surface area contributed by atoms with Gasteiger partial charge in [-0.3, -0.25) is 4.79 Å². The van der Waals surface area contributed by atoms with Crippen LogP contribution in [0.15, 0.2) is 11.8 Å². The van der Waals surface area contributed by atoms with Crippen molar-refractivity contribution >= 4 is 11.9 Å². The highest BCUT2D eigenvalue weighted by molar-refractivity contribution is 5.87. The van der Waals surface area contributed by atoms with Gasteiger partial charge in [-0.15, -0.1) is 0 Å². The van der Waals surface area contributed by atoms with E-state index in [0.717, 1.165) is 12.8 Å². The Morgan fingerprint density at radius 1 is 1.47 bits per heavy atom. The molecule has 0 amide bonds. The molecule has 0 aromatic carbocycles. The monoisotopic (exact) mass is 240 g/mol. The highest BCUT2D eigenvalue weighted by Gasteiger charge is 2.47. The first kappa shape index (κ1) is 12.0. The summed E-state index contributed by atoms with van der Waals surface area (Å²) in [6.07, 6.45) is 2.33. The lowest BCUT2D eigenvalue weighted by molar-refractivity contribution is -0.185. The van der Waals surface area contributed by atoms with Gasteiger partial charge in [-0.05, 0) is 18.8 Å². The second-order valence-electron chi connectivity index (χ2n) is 4.73. The molecule has 4 atom stereocenters. The SMILES string of the molecule is CC(=O)OC1OC=C(C(=O)O)C2CCC(C)[C@@H]12. The fourth-order valence-electron chi connectivity index (χ4n) is 2.84. The fraction of sp³-hybridized carbons (Fsp3) is 0.667. The quantitative estimate of drug-likeness (QED) is 0.741. The molecule has 0 aromatic heterocycles. The van der Waals surface area contributed by atoms with Crippen LogP contribution in [0.3, 0.4) is 0 Å². The summed E-state index contributed by atoms with van der Waals surface area (Å²) in [5, 5.41) is 9.08. The predicted molar refractivity (Wildman–Crippen MR) is 57.7 cm³/mol. The van der Waals surface area contributed by atoms with Gasteiger partial charge in [-0.1, -0.05) is 6.92 Å². The van der Waals surface area contributed by atoms with Crippen LogP contribution in [-0.4, -0.2) is 23.3 Å². The highest BCUT2D eigenvalue weighted by atomic mass is 16.7. The van der Waals surface area contributed by atoms with E-state index >= 15 is 0 Å². The van der Waals surface area contributed by atoms with Crippen molar-refractivity contribution in [2.75, 3.05) is 0 Å². The zero-order valence-corrected chi connectivity index (χ0v) is 9.88. The van der Waals surface area contributed by atoms with Crippen LogP contribution in [-0.2, 0) is 19.1 Å². The van der Waals surface area contributed by atoms with Crippen molar-refractivity contribution in [3.63, 3.8) is 0 Å². The van der Waals surface area contributed by atoms with Crippen LogP contribution in [0, 0.1) is 17.8 Å². The minimum atomic E-state index is -0.949. The van der Waals surface area contributed by atoms with E-state index in [2.05, 4.69) is 0 Å². The van der Waals surface area contributed by atoms with Gasteiger partial charge in [0, 0.05) is 18.8 Å². The first-order valence-corrected chi connectivity index (χ1v) is 5.76. The van der Waals surface area contributed by atoms with Gasteiger partial charge in [0.25, 0.3) is 0 Å². The summed E-state index contributed by atoms with van der Waals surface area (Å²) in [5.74, 6) is -1.17. The van der Waals surface area contributed by atoms with E-state index in [0.29, 0.717) is 11.5 Å². The summed E-state index contributed by atoms with van der Waals surface area (Å²) in [7, 11) is 0. The maximum atomic E-state index is 11.1. The average molecular weight is 240 g/mol. The van der Waals surface area contributed by atoms with Gasteiger partial charge in [-0.2, -0.15) is 0 Å². The van der Waals surface area contributed by atoms with Gasteiger partial charge >= 0.3 is 11.9 Å². The Balaban J connectivity index is 2.24. The predicted octanol–water partition coefficient (Wildman–Crippen LogP) is 1.54. The first-order chi connectivity index (χ1) is 8.00. The van der Waals surface area contributed by atoms with Gasteiger partial charge in [0.05, 0.1) is 11.8 Å². The Bertz CT molecular complexity index is 373. The lowest BCUT2D eigenvalue weighted by Gasteiger charge is -2.33. The summed E-state index contributed by atoms with van der Waals surface area (Å²) in [6, 6.07) is 0. The van der Waals surface area contributed by atoms with Gasteiger partial charge in [0.15, 0.2) is 0 Å². The largest absolute Gasteiger partial charge is 0.478 e. The maximum absolute atomic E-state index is 11.1. The molecule has 0 aromatic rings. The standard InChI is InChI=1S/C12H16O5/c1-6-3-4-8-9(11(14)15)5-16-12(10(6)8)17-7(2)13/h5-6,8,10,12H,3-4H2,1-2H3,(H,14,15)/t6?,8?,10-,12?/m1/s1. The molecule has 1 N–H and O–H groups in total. The topological polar surface area (TPSA) is 72.8 Å².